The van der Waals surface area contributed by atoms with Gasteiger partial charge in [-0.05, 0) is 89.8 Å². The van der Waals surface area contributed by atoms with Crippen molar-refractivity contribution in [1.29, 1.82) is 0 Å². The first-order valence-electron chi connectivity index (χ1n) is 14.5. The standard InChI is InChI=1S/C32H38Br2S5/c1-3-5-7-9-11-21-22(12-10-8-6-4-2)32(28-16-14-24(36-28)26-18-20-30(34)38-26)39-31(21)27-15-13-23(35-27)25-17-19-29(33)37-25/h13-15,17-18,20,28-29H,3-12,16,19H2,1-2H3. The van der Waals surface area contributed by atoms with Gasteiger partial charge in [0.05, 0.1) is 7.95 Å². The summed E-state index contributed by atoms with van der Waals surface area (Å²) in [5.41, 5.74) is 3.40. The second kappa shape index (κ2) is 15.1. The molecular formula is C32H38Br2S5. The quantitative estimate of drug-likeness (QED) is 0.119. The number of alkyl halides is 1. The summed E-state index contributed by atoms with van der Waals surface area (Å²) in [7, 11) is 0. The molecule has 2 unspecified atom stereocenters. The summed E-state index contributed by atoms with van der Waals surface area (Å²) in [5.74, 6) is 0. The van der Waals surface area contributed by atoms with Crippen molar-refractivity contribution < 1.29 is 0 Å². The van der Waals surface area contributed by atoms with Crippen molar-refractivity contribution in [1.82, 2.24) is 0 Å². The molecule has 0 aliphatic carbocycles. The Labute approximate surface area is 272 Å². The van der Waals surface area contributed by atoms with Crippen molar-refractivity contribution in [2.45, 2.75) is 100 Å². The van der Waals surface area contributed by atoms with Gasteiger partial charge in [-0.15, -0.1) is 57.5 Å². The first kappa shape index (κ1) is 30.7. The Morgan fingerprint density at radius 1 is 0.692 bits per heavy atom. The molecule has 7 heteroatoms. The number of allylic oxidation sites excluding steroid dienone is 2. The number of thioether (sulfide) groups is 2. The van der Waals surface area contributed by atoms with Crippen LogP contribution in [0.2, 0.25) is 0 Å². The average molecular weight is 743 g/mol. The third-order valence-corrected chi connectivity index (χ3v) is 15.5. The van der Waals surface area contributed by atoms with E-state index < -0.39 is 0 Å². The van der Waals surface area contributed by atoms with Gasteiger partial charge in [0, 0.05) is 39.4 Å². The van der Waals surface area contributed by atoms with Gasteiger partial charge in [0.2, 0.25) is 0 Å². The van der Waals surface area contributed by atoms with Crippen molar-refractivity contribution in [3.8, 4) is 9.75 Å². The lowest BCUT2D eigenvalue weighted by Gasteiger charge is -2.13. The number of halogens is 2. The van der Waals surface area contributed by atoms with Gasteiger partial charge in [0.15, 0.2) is 0 Å². The van der Waals surface area contributed by atoms with Crippen LogP contribution in [0.5, 0.6) is 0 Å². The summed E-state index contributed by atoms with van der Waals surface area (Å²) in [6.45, 7) is 4.64. The molecule has 3 aromatic rings. The second-order valence-corrected chi connectivity index (χ2v) is 19.2. The number of thiophene rings is 3. The molecule has 0 amide bonds. The van der Waals surface area contributed by atoms with E-state index >= 15 is 0 Å². The molecule has 5 rings (SSSR count). The summed E-state index contributed by atoms with van der Waals surface area (Å²) < 4.78 is 1.75. The van der Waals surface area contributed by atoms with Crippen LogP contribution >= 0.6 is 89.4 Å². The highest BCUT2D eigenvalue weighted by molar-refractivity contribution is 9.11. The molecule has 0 nitrogen and oxygen atoms in total. The van der Waals surface area contributed by atoms with Crippen LogP contribution in [0, 0.1) is 0 Å². The van der Waals surface area contributed by atoms with E-state index in [0.717, 1.165) is 12.8 Å². The first-order valence-corrected chi connectivity index (χ1v) is 20.4. The second-order valence-electron chi connectivity index (χ2n) is 10.4. The van der Waals surface area contributed by atoms with Crippen molar-refractivity contribution in [2.24, 2.45) is 0 Å². The van der Waals surface area contributed by atoms with Crippen molar-refractivity contribution >= 4 is 99.2 Å². The van der Waals surface area contributed by atoms with E-state index in [1.807, 2.05) is 34.4 Å². The highest BCUT2D eigenvalue weighted by Gasteiger charge is 2.29. The van der Waals surface area contributed by atoms with Crippen LogP contribution in [-0.4, -0.2) is 4.16 Å². The summed E-state index contributed by atoms with van der Waals surface area (Å²) in [5, 5.41) is 0.553. The summed E-state index contributed by atoms with van der Waals surface area (Å²) in [4.78, 5) is 10.5. The maximum atomic E-state index is 3.80. The molecule has 2 atom stereocenters. The van der Waals surface area contributed by atoms with Crippen molar-refractivity contribution in [3.63, 3.8) is 0 Å². The Morgan fingerprint density at radius 3 is 2.00 bits per heavy atom. The van der Waals surface area contributed by atoms with Crippen LogP contribution in [0.15, 0.2) is 40.2 Å². The number of hydrogen-bond donors (Lipinski definition) is 0. The Morgan fingerprint density at radius 2 is 1.33 bits per heavy atom. The number of hydrogen-bond acceptors (Lipinski definition) is 5. The van der Waals surface area contributed by atoms with Crippen LogP contribution in [-0.2, 0) is 12.8 Å². The van der Waals surface area contributed by atoms with E-state index in [1.165, 1.54) is 92.4 Å². The molecule has 0 saturated heterocycles. The molecule has 2 aliphatic rings. The topological polar surface area (TPSA) is 0 Å². The number of rotatable bonds is 14. The maximum absolute atomic E-state index is 3.80. The molecule has 3 aromatic heterocycles. The van der Waals surface area contributed by atoms with E-state index in [2.05, 4.69) is 105 Å². The molecule has 0 bridgehead atoms. The highest BCUT2D eigenvalue weighted by Crippen LogP contribution is 2.55. The lowest BCUT2D eigenvalue weighted by molar-refractivity contribution is 0.650. The minimum atomic E-state index is 0.528. The minimum absolute atomic E-state index is 0.528. The average Bonchev–Trinajstić information content (AvgIpc) is 3.75. The Hall–Kier alpha value is 0.240. The Kier molecular flexibility index (Phi) is 11.9. The normalized spacial score (nSPS) is 19.2. The monoisotopic (exact) mass is 740 g/mol. The van der Waals surface area contributed by atoms with Gasteiger partial charge in [-0.3, -0.25) is 0 Å². The smallest absolute Gasteiger partial charge is 0.0705 e. The lowest BCUT2D eigenvalue weighted by Crippen LogP contribution is -1.98. The molecule has 0 fully saturated rings. The molecule has 0 radical (unpaired) electrons. The fourth-order valence-corrected chi connectivity index (χ4v) is 12.8. The van der Waals surface area contributed by atoms with Crippen LogP contribution < -0.4 is 0 Å². The van der Waals surface area contributed by atoms with Crippen LogP contribution in [0.3, 0.4) is 0 Å². The van der Waals surface area contributed by atoms with Crippen molar-refractivity contribution in [2.75, 3.05) is 0 Å². The molecule has 210 valence electrons. The van der Waals surface area contributed by atoms with Gasteiger partial charge in [0.1, 0.15) is 0 Å². The Bertz CT molecular complexity index is 1290. The highest BCUT2D eigenvalue weighted by atomic mass is 79.9. The summed E-state index contributed by atoms with van der Waals surface area (Å²) >= 11 is 17.6. The van der Waals surface area contributed by atoms with Gasteiger partial charge in [-0.25, -0.2) is 0 Å². The van der Waals surface area contributed by atoms with Gasteiger partial charge in [0.25, 0.3) is 0 Å². The third-order valence-electron chi connectivity index (χ3n) is 7.42. The summed E-state index contributed by atoms with van der Waals surface area (Å²) in [6, 6.07) is 9.27. The fraction of sp³-hybridized carbons (Fsp3) is 0.500. The zero-order valence-electron chi connectivity index (χ0n) is 22.9. The van der Waals surface area contributed by atoms with Gasteiger partial charge in [-0.1, -0.05) is 80.5 Å². The van der Waals surface area contributed by atoms with Crippen LogP contribution in [0.25, 0.3) is 19.6 Å². The zero-order valence-corrected chi connectivity index (χ0v) is 30.2. The SMILES string of the molecule is CCCCCCc1c(-c2ccc(C3=CCC(Br)S3)s2)sc(C2CC=C(c3ccc(Br)s3)S2)c1CCCCCC. The zero-order chi connectivity index (χ0) is 27.2. The molecule has 0 spiro atoms. The number of unbranched alkanes of at least 4 members (excludes halogenated alkanes) is 6. The molecule has 0 saturated carbocycles. The van der Waals surface area contributed by atoms with E-state index in [9.17, 15) is 0 Å². The predicted octanol–water partition coefficient (Wildman–Crippen LogP) is 14.0. The van der Waals surface area contributed by atoms with E-state index in [4.69, 9.17) is 0 Å². The molecule has 2 aliphatic heterocycles. The van der Waals surface area contributed by atoms with Gasteiger partial charge in [-0.2, -0.15) is 0 Å². The fourth-order valence-electron chi connectivity index (χ4n) is 5.39. The van der Waals surface area contributed by atoms with E-state index in [1.54, 1.807) is 20.9 Å². The summed E-state index contributed by atoms with van der Waals surface area (Å²) in [6.07, 6.45) is 20.3. The minimum Gasteiger partial charge on any atom is -0.138 e. The molecule has 0 aromatic carbocycles. The lowest BCUT2D eigenvalue weighted by atomic mass is 9.95. The molecular weight excluding hydrogens is 704 g/mol. The predicted molar refractivity (Wildman–Crippen MR) is 191 cm³/mol. The van der Waals surface area contributed by atoms with Gasteiger partial charge < -0.3 is 0 Å². The third kappa shape index (κ3) is 7.80. The molecule has 0 N–H and O–H groups in total. The van der Waals surface area contributed by atoms with Gasteiger partial charge >= 0.3 is 0 Å². The van der Waals surface area contributed by atoms with E-state index in [-0.39, 0.29) is 0 Å². The largest absolute Gasteiger partial charge is 0.138 e. The Balaban J connectivity index is 1.47. The molecule has 5 heterocycles. The van der Waals surface area contributed by atoms with E-state index in [0.29, 0.717) is 9.41 Å². The van der Waals surface area contributed by atoms with Crippen molar-refractivity contribution in [3.05, 3.63) is 66.0 Å². The van der Waals surface area contributed by atoms with Crippen LogP contribution in [0.4, 0.5) is 0 Å². The van der Waals surface area contributed by atoms with Crippen LogP contribution in [0.1, 0.15) is 109 Å². The first-order chi connectivity index (χ1) is 19.1. The molecule has 39 heavy (non-hydrogen) atoms. The maximum Gasteiger partial charge on any atom is 0.0705 e.